The molecule has 7 nitrogen and oxygen atoms in total. The van der Waals surface area contributed by atoms with E-state index >= 15 is 0 Å². The molecule has 0 saturated heterocycles. The van der Waals surface area contributed by atoms with E-state index in [-0.39, 0.29) is 11.8 Å². The van der Waals surface area contributed by atoms with Gasteiger partial charge < -0.3 is 19.9 Å². The highest BCUT2D eigenvalue weighted by Crippen LogP contribution is 2.44. The Balaban J connectivity index is 2.18. The standard InChI is InChI=1S/C17H18N4O3/c1-4-23-13-7-10(5-6-12(13)22-3)15-11(8-18)16(19)24-17-14(15)9(2)20-21-17/h5-7,15H,4,19H2,1-3H3,(H,20,21)/t15-/m0/s1. The zero-order valence-corrected chi connectivity index (χ0v) is 13.7. The van der Waals surface area contributed by atoms with Crippen LogP contribution in [-0.4, -0.2) is 23.9 Å². The van der Waals surface area contributed by atoms with Gasteiger partial charge in [0.25, 0.3) is 0 Å². The summed E-state index contributed by atoms with van der Waals surface area (Å²) in [5.41, 5.74) is 8.74. The molecule has 7 heteroatoms. The van der Waals surface area contributed by atoms with E-state index in [4.69, 9.17) is 19.9 Å². The lowest BCUT2D eigenvalue weighted by atomic mass is 9.84. The number of aromatic nitrogens is 2. The SMILES string of the molecule is CCOc1cc([C@H]2C(C#N)=C(N)Oc3n[nH]c(C)c32)ccc1OC. The zero-order chi connectivity index (χ0) is 17.3. The Bertz CT molecular complexity index is 848. The Hall–Kier alpha value is -3.14. The fourth-order valence-electron chi connectivity index (χ4n) is 2.87. The molecule has 0 fully saturated rings. The number of methoxy groups -OCH3 is 1. The molecule has 2 aromatic rings. The van der Waals surface area contributed by atoms with Gasteiger partial charge in [0.15, 0.2) is 11.5 Å². The average molecular weight is 326 g/mol. The molecule has 0 radical (unpaired) electrons. The molecule has 124 valence electrons. The molecular weight excluding hydrogens is 308 g/mol. The van der Waals surface area contributed by atoms with Gasteiger partial charge >= 0.3 is 0 Å². The fraction of sp³-hybridized carbons (Fsp3) is 0.294. The highest BCUT2D eigenvalue weighted by atomic mass is 16.5. The summed E-state index contributed by atoms with van der Waals surface area (Å²) in [6, 6.07) is 7.72. The lowest BCUT2D eigenvalue weighted by Gasteiger charge is -2.24. The molecule has 3 rings (SSSR count). The van der Waals surface area contributed by atoms with Crippen LogP contribution >= 0.6 is 0 Å². The van der Waals surface area contributed by atoms with Gasteiger partial charge in [-0.05, 0) is 31.5 Å². The molecule has 0 aliphatic carbocycles. The third kappa shape index (κ3) is 2.42. The van der Waals surface area contributed by atoms with Gasteiger partial charge in [0.05, 0.1) is 19.6 Å². The Labute approximate surface area is 139 Å². The van der Waals surface area contributed by atoms with Gasteiger partial charge in [-0.15, -0.1) is 5.10 Å². The first kappa shape index (κ1) is 15.7. The molecule has 1 aliphatic rings. The van der Waals surface area contributed by atoms with Crippen LogP contribution in [-0.2, 0) is 0 Å². The van der Waals surface area contributed by atoms with Crippen LogP contribution in [0.25, 0.3) is 0 Å². The summed E-state index contributed by atoms with van der Waals surface area (Å²) in [7, 11) is 1.59. The summed E-state index contributed by atoms with van der Waals surface area (Å²) in [6.07, 6.45) is 0. The van der Waals surface area contributed by atoms with Crippen molar-refractivity contribution in [2.24, 2.45) is 5.73 Å². The van der Waals surface area contributed by atoms with E-state index in [1.54, 1.807) is 7.11 Å². The maximum absolute atomic E-state index is 9.57. The van der Waals surface area contributed by atoms with E-state index in [9.17, 15) is 5.26 Å². The van der Waals surface area contributed by atoms with Crippen molar-refractivity contribution in [3.05, 3.63) is 46.5 Å². The number of benzene rings is 1. The minimum Gasteiger partial charge on any atom is -0.493 e. The second kappa shape index (κ2) is 6.16. The number of fused-ring (bicyclic) bond motifs is 1. The maximum atomic E-state index is 9.57. The summed E-state index contributed by atoms with van der Waals surface area (Å²) < 4.78 is 16.4. The molecule has 0 saturated carbocycles. The van der Waals surface area contributed by atoms with Gasteiger partial charge in [-0.25, -0.2) is 0 Å². The van der Waals surface area contributed by atoms with E-state index in [1.165, 1.54) is 0 Å². The predicted octanol–water partition coefficient (Wildman–Crippen LogP) is 2.34. The first-order valence-corrected chi connectivity index (χ1v) is 7.53. The van der Waals surface area contributed by atoms with Crippen LogP contribution in [0.4, 0.5) is 0 Å². The molecule has 1 atom stereocenters. The highest BCUT2D eigenvalue weighted by Gasteiger charge is 2.34. The molecule has 3 N–H and O–H groups in total. The molecule has 1 aliphatic heterocycles. The monoisotopic (exact) mass is 326 g/mol. The van der Waals surface area contributed by atoms with Crippen molar-refractivity contribution < 1.29 is 14.2 Å². The molecule has 24 heavy (non-hydrogen) atoms. The number of allylic oxidation sites excluding steroid dienone is 1. The number of ether oxygens (including phenoxy) is 3. The minimum absolute atomic E-state index is 0.0651. The Morgan fingerprint density at radius 2 is 2.21 bits per heavy atom. The van der Waals surface area contributed by atoms with Crippen LogP contribution in [0.1, 0.15) is 29.7 Å². The first-order valence-electron chi connectivity index (χ1n) is 7.53. The van der Waals surface area contributed by atoms with E-state index < -0.39 is 0 Å². The van der Waals surface area contributed by atoms with Crippen LogP contribution in [0.3, 0.4) is 0 Å². The second-order valence-electron chi connectivity index (χ2n) is 5.34. The number of aryl methyl sites for hydroxylation is 1. The number of nitrogens with one attached hydrogen (secondary N) is 1. The van der Waals surface area contributed by atoms with Gasteiger partial charge in [0.2, 0.25) is 11.8 Å². The van der Waals surface area contributed by atoms with Crippen LogP contribution in [0.15, 0.2) is 29.7 Å². The minimum atomic E-state index is -0.373. The fourth-order valence-corrected chi connectivity index (χ4v) is 2.87. The summed E-state index contributed by atoms with van der Waals surface area (Å²) in [5.74, 6) is 1.33. The molecule has 0 bridgehead atoms. The first-order chi connectivity index (χ1) is 11.6. The smallest absolute Gasteiger partial charge is 0.244 e. The van der Waals surface area contributed by atoms with E-state index in [2.05, 4.69) is 16.3 Å². The topological polar surface area (TPSA) is 106 Å². The molecule has 0 spiro atoms. The Morgan fingerprint density at radius 1 is 1.42 bits per heavy atom. The van der Waals surface area contributed by atoms with E-state index in [1.807, 2.05) is 32.0 Å². The molecule has 0 unspecified atom stereocenters. The van der Waals surface area contributed by atoms with Gasteiger partial charge in [-0.2, -0.15) is 5.26 Å². The van der Waals surface area contributed by atoms with Crippen LogP contribution in [0.2, 0.25) is 0 Å². The molecule has 2 heterocycles. The lowest BCUT2D eigenvalue weighted by Crippen LogP contribution is -2.21. The number of nitrogens with zero attached hydrogens (tertiary/aromatic N) is 2. The van der Waals surface area contributed by atoms with Gasteiger partial charge in [0.1, 0.15) is 11.6 Å². The summed E-state index contributed by atoms with van der Waals surface area (Å²) in [4.78, 5) is 0. The number of H-pyrrole nitrogens is 1. The van der Waals surface area contributed by atoms with Crippen molar-refractivity contribution in [2.75, 3.05) is 13.7 Å². The lowest BCUT2D eigenvalue weighted by molar-refractivity contribution is 0.310. The largest absolute Gasteiger partial charge is 0.493 e. The Morgan fingerprint density at radius 3 is 2.88 bits per heavy atom. The van der Waals surface area contributed by atoms with Crippen molar-refractivity contribution in [1.82, 2.24) is 10.2 Å². The van der Waals surface area contributed by atoms with Crippen molar-refractivity contribution >= 4 is 0 Å². The number of nitriles is 1. The third-order valence-electron chi connectivity index (χ3n) is 3.95. The van der Waals surface area contributed by atoms with Crippen molar-refractivity contribution in [3.8, 4) is 23.4 Å². The second-order valence-corrected chi connectivity index (χ2v) is 5.34. The maximum Gasteiger partial charge on any atom is 0.244 e. The van der Waals surface area contributed by atoms with Crippen molar-refractivity contribution in [1.29, 1.82) is 5.26 Å². The summed E-state index contributed by atoms with van der Waals surface area (Å²) in [6.45, 7) is 4.29. The number of nitrogens with two attached hydrogens (primary N) is 1. The van der Waals surface area contributed by atoms with Gasteiger partial charge in [0, 0.05) is 11.3 Å². The zero-order valence-electron chi connectivity index (χ0n) is 13.7. The number of hydrogen-bond donors (Lipinski definition) is 2. The van der Waals surface area contributed by atoms with E-state index in [0.717, 1.165) is 16.8 Å². The van der Waals surface area contributed by atoms with Crippen molar-refractivity contribution in [3.63, 3.8) is 0 Å². The number of rotatable bonds is 4. The van der Waals surface area contributed by atoms with Crippen LogP contribution < -0.4 is 19.9 Å². The highest BCUT2D eigenvalue weighted by molar-refractivity contribution is 5.57. The van der Waals surface area contributed by atoms with Crippen LogP contribution in [0, 0.1) is 18.3 Å². The number of aromatic amines is 1. The summed E-state index contributed by atoms with van der Waals surface area (Å²) in [5, 5.41) is 16.6. The normalized spacial score (nSPS) is 16.2. The van der Waals surface area contributed by atoms with Crippen molar-refractivity contribution in [2.45, 2.75) is 19.8 Å². The van der Waals surface area contributed by atoms with Gasteiger partial charge in [-0.3, -0.25) is 5.10 Å². The predicted molar refractivity (Wildman–Crippen MR) is 86.8 cm³/mol. The van der Waals surface area contributed by atoms with Crippen LogP contribution in [0.5, 0.6) is 17.4 Å². The quantitative estimate of drug-likeness (QED) is 0.893. The van der Waals surface area contributed by atoms with Gasteiger partial charge in [-0.1, -0.05) is 6.07 Å². The molecule has 0 amide bonds. The molecular formula is C17H18N4O3. The Kier molecular flexibility index (Phi) is 4.04. The molecule has 1 aromatic heterocycles. The number of hydrogen-bond acceptors (Lipinski definition) is 6. The third-order valence-corrected chi connectivity index (χ3v) is 3.95. The average Bonchev–Trinajstić information content (AvgIpc) is 2.94. The van der Waals surface area contributed by atoms with E-state index in [0.29, 0.717) is 29.6 Å². The summed E-state index contributed by atoms with van der Waals surface area (Å²) >= 11 is 0. The molecule has 1 aromatic carbocycles.